The zero-order valence-electron chi connectivity index (χ0n) is 8.40. The van der Waals surface area contributed by atoms with E-state index in [2.05, 4.69) is 0 Å². The molecule has 0 N–H and O–H groups in total. The average molecular weight is 336 g/mol. The Hall–Kier alpha value is -0.950. The first-order chi connectivity index (χ1) is 8.40. The van der Waals surface area contributed by atoms with Crippen molar-refractivity contribution in [3.63, 3.8) is 0 Å². The first-order valence-electron chi connectivity index (χ1n) is 3.96. The van der Waals surface area contributed by atoms with Crippen LogP contribution in [0.1, 0.15) is 0 Å². The third kappa shape index (κ3) is 3.03. The highest BCUT2D eigenvalue weighted by Crippen LogP contribution is 2.52. The molecular weight excluding hydrogens is 335 g/mol. The highest BCUT2D eigenvalue weighted by atomic mass is 19.4. The molecule has 0 atom stereocenters. The van der Waals surface area contributed by atoms with Crippen LogP contribution < -0.4 is 0 Å². The molecule has 0 aromatic heterocycles. The van der Waals surface area contributed by atoms with Crippen LogP contribution in [0.5, 0.6) is 0 Å². The summed E-state index contributed by atoms with van der Waals surface area (Å²) in [5, 5.41) is 0. The Bertz CT molecular complexity index is 324. The summed E-state index contributed by atoms with van der Waals surface area (Å²) >= 11 is 0. The van der Waals surface area contributed by atoms with Gasteiger partial charge in [-0.25, -0.2) is 8.78 Å². The fraction of sp³-hybridized carbons (Fsp3) is 1.00. The first-order valence-corrected chi connectivity index (χ1v) is 3.96. The lowest BCUT2D eigenvalue weighted by Gasteiger charge is -2.34. The minimum atomic E-state index is -7.27. The summed E-state index contributed by atoms with van der Waals surface area (Å²) in [6.45, 7) is 0. The summed E-state index contributed by atoms with van der Waals surface area (Å²) in [5.41, 5.74) is 0. The van der Waals surface area contributed by atoms with Crippen molar-refractivity contribution >= 4 is 0 Å². The highest BCUT2D eigenvalue weighted by Gasteiger charge is 2.80. The van der Waals surface area contributed by atoms with Crippen LogP contribution in [-0.2, 0) is 4.74 Å². The Morgan fingerprint density at radius 2 is 0.900 bits per heavy atom. The largest absolute Gasteiger partial charge is 0.458 e. The van der Waals surface area contributed by atoms with E-state index in [-0.39, 0.29) is 0 Å². The van der Waals surface area contributed by atoms with Crippen LogP contribution >= 0.6 is 0 Å². The number of alkyl halides is 13. The summed E-state index contributed by atoms with van der Waals surface area (Å²) in [4.78, 5) is 0. The minimum absolute atomic E-state index is 1.40. The molecular formula is C6HF13O. The van der Waals surface area contributed by atoms with Crippen molar-refractivity contribution in [1.29, 1.82) is 0 Å². The van der Waals surface area contributed by atoms with Gasteiger partial charge in [0.1, 0.15) is 0 Å². The van der Waals surface area contributed by atoms with Gasteiger partial charge in [-0.15, -0.1) is 0 Å². The van der Waals surface area contributed by atoms with Gasteiger partial charge < -0.3 is 0 Å². The van der Waals surface area contributed by atoms with Gasteiger partial charge in [0.2, 0.25) is 0 Å². The molecule has 0 heterocycles. The van der Waals surface area contributed by atoms with Crippen molar-refractivity contribution in [2.75, 3.05) is 0 Å². The predicted octanol–water partition coefficient (Wildman–Crippen LogP) is 4.29. The molecule has 0 saturated carbocycles. The van der Waals surface area contributed by atoms with Gasteiger partial charge in [0.15, 0.2) is 0 Å². The van der Waals surface area contributed by atoms with Crippen molar-refractivity contribution < 1.29 is 61.8 Å². The molecule has 122 valence electrons. The van der Waals surface area contributed by atoms with Crippen molar-refractivity contribution in [1.82, 2.24) is 0 Å². The molecule has 0 aliphatic rings. The smallest absolute Gasteiger partial charge is 0.262 e. The van der Waals surface area contributed by atoms with E-state index in [4.69, 9.17) is 0 Å². The van der Waals surface area contributed by atoms with Crippen LogP contribution in [0.15, 0.2) is 0 Å². The van der Waals surface area contributed by atoms with Crippen molar-refractivity contribution in [2.45, 2.75) is 36.7 Å². The second kappa shape index (κ2) is 4.80. The van der Waals surface area contributed by atoms with E-state index in [0.29, 0.717) is 0 Å². The molecule has 20 heavy (non-hydrogen) atoms. The quantitative estimate of drug-likeness (QED) is 0.696. The van der Waals surface area contributed by atoms with Crippen LogP contribution in [0.4, 0.5) is 57.1 Å². The zero-order valence-corrected chi connectivity index (χ0v) is 8.40. The third-order valence-electron chi connectivity index (χ3n) is 1.66. The van der Waals surface area contributed by atoms with Gasteiger partial charge in [0.05, 0.1) is 0 Å². The minimum Gasteiger partial charge on any atom is -0.262 e. The normalized spacial score (nSPS) is 15.9. The van der Waals surface area contributed by atoms with Crippen LogP contribution in [0.25, 0.3) is 0 Å². The van der Waals surface area contributed by atoms with Crippen molar-refractivity contribution in [3.05, 3.63) is 0 Å². The zero-order chi connectivity index (χ0) is 16.8. The van der Waals surface area contributed by atoms with Gasteiger partial charge >= 0.3 is 36.7 Å². The summed E-state index contributed by atoms with van der Waals surface area (Å²) in [7, 11) is 0. The SMILES string of the molecule is FC(F)C(F)(F)C(F)(F)OC(F)(C(F)(F)F)C(F)(F)F. The van der Waals surface area contributed by atoms with Gasteiger partial charge in [-0.1, -0.05) is 0 Å². The Morgan fingerprint density at radius 3 is 1.10 bits per heavy atom. The summed E-state index contributed by atoms with van der Waals surface area (Å²) in [5.74, 6) is -14.1. The van der Waals surface area contributed by atoms with Gasteiger partial charge in [-0.2, -0.15) is 48.3 Å². The van der Waals surface area contributed by atoms with Gasteiger partial charge in [-0.05, 0) is 0 Å². The molecule has 0 saturated heterocycles. The number of halogens is 13. The van der Waals surface area contributed by atoms with Gasteiger partial charge in [-0.3, -0.25) is 4.74 Å². The van der Waals surface area contributed by atoms with Crippen molar-refractivity contribution in [2.24, 2.45) is 0 Å². The molecule has 0 amide bonds. The molecule has 0 fully saturated rings. The molecule has 0 unspecified atom stereocenters. The lowest BCUT2D eigenvalue weighted by molar-refractivity contribution is -0.508. The summed E-state index contributed by atoms with van der Waals surface area (Å²) in [6, 6.07) is 0. The molecule has 0 aromatic carbocycles. The molecule has 0 radical (unpaired) electrons. The predicted molar refractivity (Wildman–Crippen MR) is 32.9 cm³/mol. The number of ether oxygens (including phenoxy) is 1. The van der Waals surface area contributed by atoms with Crippen LogP contribution in [0.2, 0.25) is 0 Å². The average Bonchev–Trinajstić information content (AvgIpc) is 2.12. The first kappa shape index (κ1) is 19.1. The van der Waals surface area contributed by atoms with Crippen LogP contribution in [-0.4, -0.2) is 36.7 Å². The lowest BCUT2D eigenvalue weighted by atomic mass is 10.2. The molecule has 0 aliphatic heterocycles. The Kier molecular flexibility index (Phi) is 4.58. The van der Waals surface area contributed by atoms with Gasteiger partial charge in [0, 0.05) is 0 Å². The Morgan fingerprint density at radius 1 is 0.600 bits per heavy atom. The molecule has 0 spiro atoms. The second-order valence-electron chi connectivity index (χ2n) is 3.13. The van der Waals surface area contributed by atoms with E-state index >= 15 is 0 Å². The second-order valence-corrected chi connectivity index (χ2v) is 3.13. The fourth-order valence-electron chi connectivity index (χ4n) is 0.648. The third-order valence-corrected chi connectivity index (χ3v) is 1.66. The molecule has 0 bridgehead atoms. The maximum atomic E-state index is 12.6. The van der Waals surface area contributed by atoms with E-state index in [1.54, 1.807) is 0 Å². The lowest BCUT2D eigenvalue weighted by Crippen LogP contribution is -2.62. The molecule has 14 heteroatoms. The number of hydrogen-bond acceptors (Lipinski definition) is 1. The molecule has 0 aromatic rings. The van der Waals surface area contributed by atoms with E-state index < -0.39 is 36.7 Å². The van der Waals surface area contributed by atoms with E-state index in [9.17, 15) is 57.1 Å². The monoisotopic (exact) mass is 336 g/mol. The fourth-order valence-corrected chi connectivity index (χ4v) is 0.648. The Balaban J connectivity index is 5.74. The molecule has 0 aliphatic carbocycles. The molecule has 1 nitrogen and oxygen atoms in total. The van der Waals surface area contributed by atoms with Crippen LogP contribution in [0, 0.1) is 0 Å². The van der Waals surface area contributed by atoms with E-state index in [0.717, 1.165) is 0 Å². The number of hydrogen-bond donors (Lipinski definition) is 0. The standard InChI is InChI=1S/C6HF13O/c7-1(8)2(9,10)6(18,19)20-3(11,4(12,13)14)5(15,16)17/h1H. The van der Waals surface area contributed by atoms with E-state index in [1.165, 1.54) is 4.74 Å². The molecule has 0 rings (SSSR count). The van der Waals surface area contributed by atoms with Crippen molar-refractivity contribution in [3.8, 4) is 0 Å². The van der Waals surface area contributed by atoms with E-state index in [1.807, 2.05) is 0 Å². The van der Waals surface area contributed by atoms with Gasteiger partial charge in [0.25, 0.3) is 0 Å². The maximum absolute atomic E-state index is 12.6. The maximum Gasteiger partial charge on any atom is 0.458 e. The number of rotatable bonds is 4. The Labute approximate surface area is 99.8 Å². The summed E-state index contributed by atoms with van der Waals surface area (Å²) < 4.78 is 156. The topological polar surface area (TPSA) is 9.23 Å². The summed E-state index contributed by atoms with van der Waals surface area (Å²) in [6.07, 6.45) is -27.0. The van der Waals surface area contributed by atoms with Crippen LogP contribution in [0.3, 0.4) is 0 Å². The highest BCUT2D eigenvalue weighted by molar-refractivity contribution is 4.90.